The first-order valence-electron chi connectivity index (χ1n) is 5.91. The third-order valence-corrected chi connectivity index (χ3v) is 2.13. The molecule has 1 rings (SSSR count). The molecule has 0 radical (unpaired) electrons. The predicted octanol–water partition coefficient (Wildman–Crippen LogP) is 2.83. The lowest BCUT2D eigenvalue weighted by atomic mass is 10.1. The van der Waals surface area contributed by atoms with E-state index in [2.05, 4.69) is 4.74 Å². The second kappa shape index (κ2) is 6.18. The van der Waals surface area contributed by atoms with Gasteiger partial charge in [0, 0.05) is 6.08 Å². The van der Waals surface area contributed by atoms with Gasteiger partial charge in [0.1, 0.15) is 5.60 Å². The molecule has 0 amide bonds. The number of ether oxygens (including phenoxy) is 2. The van der Waals surface area contributed by atoms with Gasteiger partial charge in [-0.2, -0.15) is 0 Å². The molecule has 0 aliphatic carbocycles. The van der Waals surface area contributed by atoms with E-state index < -0.39 is 17.5 Å². The van der Waals surface area contributed by atoms with Gasteiger partial charge in [-0.1, -0.05) is 12.1 Å². The van der Waals surface area contributed by atoms with Crippen LogP contribution in [0.15, 0.2) is 30.3 Å². The van der Waals surface area contributed by atoms with Gasteiger partial charge in [-0.25, -0.2) is 9.59 Å². The maximum Gasteiger partial charge on any atom is 0.337 e. The Balaban J connectivity index is 2.77. The van der Waals surface area contributed by atoms with Crippen LogP contribution in [0.25, 0.3) is 6.08 Å². The monoisotopic (exact) mass is 262 g/mol. The Labute approximate surface area is 113 Å². The van der Waals surface area contributed by atoms with Gasteiger partial charge in [0.25, 0.3) is 0 Å². The summed E-state index contributed by atoms with van der Waals surface area (Å²) in [6.07, 6.45) is 2.93. The molecular weight excluding hydrogens is 244 g/mol. The molecule has 0 saturated heterocycles. The van der Waals surface area contributed by atoms with Crippen LogP contribution in [0.2, 0.25) is 0 Å². The van der Waals surface area contributed by atoms with Crippen LogP contribution in [0.4, 0.5) is 0 Å². The lowest BCUT2D eigenvalue weighted by Crippen LogP contribution is -2.22. The van der Waals surface area contributed by atoms with Crippen LogP contribution in [-0.4, -0.2) is 24.6 Å². The molecule has 4 heteroatoms. The first-order chi connectivity index (χ1) is 8.81. The second-order valence-corrected chi connectivity index (χ2v) is 4.98. The van der Waals surface area contributed by atoms with Gasteiger partial charge in [-0.05, 0) is 44.5 Å². The van der Waals surface area contributed by atoms with Crippen LogP contribution in [-0.2, 0) is 14.3 Å². The number of esters is 2. The highest BCUT2D eigenvalue weighted by Crippen LogP contribution is 2.10. The van der Waals surface area contributed by atoms with Gasteiger partial charge >= 0.3 is 11.9 Å². The average Bonchev–Trinajstić information content (AvgIpc) is 2.34. The molecule has 4 nitrogen and oxygen atoms in total. The normalized spacial score (nSPS) is 11.4. The van der Waals surface area contributed by atoms with Crippen LogP contribution in [0.3, 0.4) is 0 Å². The molecule has 0 atom stereocenters. The minimum absolute atomic E-state index is 0.410. The Bertz CT molecular complexity index is 495. The van der Waals surface area contributed by atoms with E-state index in [1.54, 1.807) is 51.1 Å². The fraction of sp³-hybridized carbons (Fsp3) is 0.333. The molecule has 0 saturated carbocycles. The maximum absolute atomic E-state index is 11.5. The minimum atomic E-state index is -0.519. The number of carbonyl (C=O) groups is 2. The summed E-state index contributed by atoms with van der Waals surface area (Å²) in [5, 5.41) is 0. The summed E-state index contributed by atoms with van der Waals surface area (Å²) in [5.74, 6) is -0.830. The van der Waals surface area contributed by atoms with Crippen molar-refractivity contribution in [2.45, 2.75) is 26.4 Å². The van der Waals surface area contributed by atoms with Gasteiger partial charge < -0.3 is 9.47 Å². The molecule has 102 valence electrons. The number of hydrogen-bond acceptors (Lipinski definition) is 4. The molecule has 0 aliphatic heterocycles. The zero-order chi connectivity index (χ0) is 14.5. The van der Waals surface area contributed by atoms with Crippen molar-refractivity contribution in [1.82, 2.24) is 0 Å². The van der Waals surface area contributed by atoms with E-state index in [1.165, 1.54) is 13.2 Å². The summed E-state index contributed by atoms with van der Waals surface area (Å²) in [6.45, 7) is 5.41. The quantitative estimate of drug-likeness (QED) is 0.621. The van der Waals surface area contributed by atoms with Gasteiger partial charge in [-0.3, -0.25) is 0 Å². The predicted molar refractivity (Wildman–Crippen MR) is 72.7 cm³/mol. The molecule has 0 bridgehead atoms. The minimum Gasteiger partial charge on any atom is -0.465 e. The highest BCUT2D eigenvalue weighted by molar-refractivity contribution is 5.91. The summed E-state index contributed by atoms with van der Waals surface area (Å²) < 4.78 is 9.77. The Morgan fingerprint density at radius 3 is 2.47 bits per heavy atom. The Morgan fingerprint density at radius 2 is 1.89 bits per heavy atom. The highest BCUT2D eigenvalue weighted by atomic mass is 16.6. The van der Waals surface area contributed by atoms with E-state index in [9.17, 15) is 9.59 Å². The number of benzene rings is 1. The molecule has 1 aromatic carbocycles. The van der Waals surface area contributed by atoms with Crippen molar-refractivity contribution in [3.05, 3.63) is 41.5 Å². The number of hydrogen-bond donors (Lipinski definition) is 0. The van der Waals surface area contributed by atoms with E-state index in [-0.39, 0.29) is 0 Å². The smallest absolute Gasteiger partial charge is 0.337 e. The van der Waals surface area contributed by atoms with Crippen molar-refractivity contribution >= 4 is 18.0 Å². The average molecular weight is 262 g/mol. The Kier molecular flexibility index (Phi) is 4.87. The summed E-state index contributed by atoms with van der Waals surface area (Å²) in [5.41, 5.74) is 0.651. The van der Waals surface area contributed by atoms with Crippen LogP contribution >= 0.6 is 0 Å². The van der Waals surface area contributed by atoms with Crippen LogP contribution in [0.5, 0.6) is 0 Å². The molecule has 0 fully saturated rings. The Morgan fingerprint density at radius 1 is 1.21 bits per heavy atom. The third kappa shape index (κ3) is 5.38. The van der Waals surface area contributed by atoms with Crippen molar-refractivity contribution in [2.24, 2.45) is 0 Å². The first kappa shape index (κ1) is 15.0. The molecule has 19 heavy (non-hydrogen) atoms. The summed E-state index contributed by atoms with van der Waals surface area (Å²) in [6, 6.07) is 6.80. The second-order valence-electron chi connectivity index (χ2n) is 4.98. The fourth-order valence-corrected chi connectivity index (χ4v) is 1.39. The third-order valence-electron chi connectivity index (χ3n) is 2.13. The van der Waals surface area contributed by atoms with Crippen LogP contribution in [0, 0.1) is 0 Å². The number of carbonyl (C=O) groups excluding carboxylic acids is 2. The fourth-order valence-electron chi connectivity index (χ4n) is 1.39. The molecule has 0 N–H and O–H groups in total. The zero-order valence-electron chi connectivity index (χ0n) is 11.6. The van der Waals surface area contributed by atoms with Crippen molar-refractivity contribution in [2.75, 3.05) is 7.11 Å². The molecule has 0 aromatic heterocycles. The topological polar surface area (TPSA) is 52.6 Å². The summed E-state index contributed by atoms with van der Waals surface area (Å²) in [7, 11) is 1.32. The highest BCUT2D eigenvalue weighted by Gasteiger charge is 2.13. The van der Waals surface area contributed by atoms with Gasteiger partial charge in [0.05, 0.1) is 12.7 Å². The van der Waals surface area contributed by atoms with Gasteiger partial charge in [0.2, 0.25) is 0 Å². The number of rotatable bonds is 3. The molecule has 1 aromatic rings. The first-order valence-corrected chi connectivity index (χ1v) is 5.91. The molecule has 0 spiro atoms. The maximum atomic E-state index is 11.5. The van der Waals surface area contributed by atoms with Crippen molar-refractivity contribution in [3.8, 4) is 0 Å². The largest absolute Gasteiger partial charge is 0.465 e. The molecule has 0 aliphatic rings. The van der Waals surface area contributed by atoms with Gasteiger partial charge in [-0.15, -0.1) is 0 Å². The summed E-state index contributed by atoms with van der Waals surface area (Å²) in [4.78, 5) is 22.9. The standard InChI is InChI=1S/C15H18O4/c1-15(2,3)19-13(16)9-8-11-6-5-7-12(10-11)14(17)18-4/h5-10H,1-4H3. The SMILES string of the molecule is COC(=O)c1cccc(C=CC(=O)OC(C)(C)C)c1. The Hall–Kier alpha value is -2.10. The van der Waals surface area contributed by atoms with E-state index in [0.29, 0.717) is 5.56 Å². The van der Waals surface area contributed by atoms with Crippen LogP contribution in [0.1, 0.15) is 36.7 Å². The number of methoxy groups -OCH3 is 1. The molecular formula is C15H18O4. The van der Waals surface area contributed by atoms with E-state index in [1.807, 2.05) is 0 Å². The van der Waals surface area contributed by atoms with E-state index >= 15 is 0 Å². The van der Waals surface area contributed by atoms with E-state index in [0.717, 1.165) is 5.56 Å². The molecule has 0 unspecified atom stereocenters. The van der Waals surface area contributed by atoms with Gasteiger partial charge in [0.15, 0.2) is 0 Å². The lowest BCUT2D eigenvalue weighted by Gasteiger charge is -2.17. The van der Waals surface area contributed by atoms with Crippen LogP contribution < -0.4 is 0 Å². The summed E-state index contributed by atoms with van der Waals surface area (Å²) >= 11 is 0. The molecule has 0 heterocycles. The zero-order valence-corrected chi connectivity index (χ0v) is 11.6. The van der Waals surface area contributed by atoms with E-state index in [4.69, 9.17) is 4.74 Å². The lowest BCUT2D eigenvalue weighted by molar-refractivity contribution is -0.148. The van der Waals surface area contributed by atoms with Crippen molar-refractivity contribution in [3.63, 3.8) is 0 Å². The van der Waals surface area contributed by atoms with Crippen molar-refractivity contribution in [1.29, 1.82) is 0 Å². The van der Waals surface area contributed by atoms with Crippen molar-refractivity contribution < 1.29 is 19.1 Å².